The molecule has 26 heavy (non-hydrogen) atoms. The van der Waals surface area contributed by atoms with Crippen molar-refractivity contribution in [3.8, 4) is 0 Å². The molecule has 0 bridgehead atoms. The summed E-state index contributed by atoms with van der Waals surface area (Å²) in [6.45, 7) is 8.40. The summed E-state index contributed by atoms with van der Waals surface area (Å²) in [6, 6.07) is 7.39. The predicted molar refractivity (Wildman–Crippen MR) is 105 cm³/mol. The molecule has 1 heterocycles. The van der Waals surface area contributed by atoms with Gasteiger partial charge >= 0.3 is 5.97 Å². The Bertz CT molecular complexity index is 605. The van der Waals surface area contributed by atoms with E-state index >= 15 is 0 Å². The molecule has 2 N–H and O–H groups in total. The van der Waals surface area contributed by atoms with E-state index < -0.39 is 0 Å². The molecule has 0 amide bonds. The molecule has 0 saturated carbocycles. The highest BCUT2D eigenvalue weighted by Crippen LogP contribution is 2.19. The van der Waals surface area contributed by atoms with Gasteiger partial charge < -0.3 is 15.4 Å². The second-order valence-corrected chi connectivity index (χ2v) is 7.33. The molecule has 6 heteroatoms. The van der Waals surface area contributed by atoms with Crippen LogP contribution in [0.5, 0.6) is 0 Å². The quantitative estimate of drug-likeness (QED) is 0.463. The Morgan fingerprint density at radius 3 is 2.38 bits per heavy atom. The van der Waals surface area contributed by atoms with Crippen LogP contribution in [0.4, 0.5) is 0 Å². The first-order valence-corrected chi connectivity index (χ1v) is 9.33. The number of hydrogen-bond acceptors (Lipinski definition) is 4. The van der Waals surface area contributed by atoms with Gasteiger partial charge in [0.05, 0.1) is 12.7 Å². The minimum Gasteiger partial charge on any atom is -0.465 e. The number of carbonyl (C=O) groups excluding carboxylic acids is 1. The molecule has 144 valence electrons. The van der Waals surface area contributed by atoms with Gasteiger partial charge in [-0.3, -0.25) is 9.89 Å². The van der Waals surface area contributed by atoms with Gasteiger partial charge in [-0.2, -0.15) is 0 Å². The molecule has 0 unspecified atom stereocenters. The molecule has 1 fully saturated rings. The fraction of sp³-hybridized carbons (Fsp3) is 0.600. The molecule has 1 aliphatic heterocycles. The minimum atomic E-state index is -0.318. The Balaban J connectivity index is 1.82. The van der Waals surface area contributed by atoms with Crippen molar-refractivity contribution >= 4 is 11.9 Å². The predicted octanol–water partition coefficient (Wildman–Crippen LogP) is 2.40. The third-order valence-electron chi connectivity index (χ3n) is 4.96. The van der Waals surface area contributed by atoms with E-state index in [1.165, 1.54) is 39.5 Å². The van der Waals surface area contributed by atoms with Crippen LogP contribution in [0.3, 0.4) is 0 Å². The van der Waals surface area contributed by atoms with Crippen LogP contribution < -0.4 is 10.6 Å². The summed E-state index contributed by atoms with van der Waals surface area (Å²) < 4.78 is 4.72. The van der Waals surface area contributed by atoms with E-state index in [1.54, 1.807) is 19.2 Å². The maximum atomic E-state index is 11.5. The zero-order chi connectivity index (χ0) is 19.0. The lowest BCUT2D eigenvalue weighted by Gasteiger charge is -2.41. The van der Waals surface area contributed by atoms with Crippen molar-refractivity contribution < 1.29 is 9.53 Å². The fourth-order valence-corrected chi connectivity index (χ4v) is 3.19. The van der Waals surface area contributed by atoms with E-state index in [-0.39, 0.29) is 11.5 Å². The standard InChI is InChI=1S/C20H32N4O2/c1-20(2,24-12-6-5-7-13-24)15-23-19(21-3)22-14-16-8-10-17(11-9-16)18(25)26-4/h8-11H,5-7,12-15H2,1-4H3,(H2,21,22,23). The van der Waals surface area contributed by atoms with Crippen molar-refractivity contribution in [3.63, 3.8) is 0 Å². The van der Waals surface area contributed by atoms with Gasteiger partial charge in [-0.05, 0) is 57.5 Å². The molecule has 0 aromatic heterocycles. The molecule has 6 nitrogen and oxygen atoms in total. The number of piperidine rings is 1. The van der Waals surface area contributed by atoms with Gasteiger partial charge in [-0.1, -0.05) is 18.6 Å². The minimum absolute atomic E-state index is 0.0974. The summed E-state index contributed by atoms with van der Waals surface area (Å²) in [5.74, 6) is 0.467. The second kappa shape index (κ2) is 9.57. The maximum Gasteiger partial charge on any atom is 0.337 e. The molecule has 1 aromatic rings. The number of methoxy groups -OCH3 is 1. The summed E-state index contributed by atoms with van der Waals surface area (Å²) in [7, 11) is 3.17. The van der Waals surface area contributed by atoms with Gasteiger partial charge in [0.1, 0.15) is 0 Å². The van der Waals surface area contributed by atoms with Gasteiger partial charge in [0.15, 0.2) is 5.96 Å². The molecule has 0 spiro atoms. The number of benzene rings is 1. The lowest BCUT2D eigenvalue weighted by atomic mass is 9.98. The summed E-state index contributed by atoms with van der Waals surface area (Å²) in [4.78, 5) is 18.3. The highest BCUT2D eigenvalue weighted by molar-refractivity contribution is 5.89. The topological polar surface area (TPSA) is 66.0 Å². The van der Waals surface area contributed by atoms with Crippen LogP contribution in [0, 0.1) is 0 Å². The van der Waals surface area contributed by atoms with Gasteiger partial charge in [0.25, 0.3) is 0 Å². The number of hydrogen-bond donors (Lipinski definition) is 2. The number of rotatable bonds is 6. The van der Waals surface area contributed by atoms with Crippen LogP contribution in [-0.4, -0.2) is 56.2 Å². The van der Waals surface area contributed by atoms with E-state index in [4.69, 9.17) is 4.74 Å². The molecular weight excluding hydrogens is 328 g/mol. The van der Waals surface area contributed by atoms with Crippen LogP contribution in [0.1, 0.15) is 49.0 Å². The van der Waals surface area contributed by atoms with Crippen LogP contribution in [0.25, 0.3) is 0 Å². The van der Waals surface area contributed by atoms with Crippen molar-refractivity contribution in [2.75, 3.05) is 33.8 Å². The van der Waals surface area contributed by atoms with Gasteiger partial charge in [-0.25, -0.2) is 4.79 Å². The van der Waals surface area contributed by atoms with Crippen molar-refractivity contribution in [2.24, 2.45) is 4.99 Å². The van der Waals surface area contributed by atoms with Crippen LogP contribution >= 0.6 is 0 Å². The molecule has 2 rings (SSSR count). The summed E-state index contributed by atoms with van der Waals surface area (Å²) in [6.07, 6.45) is 3.92. The van der Waals surface area contributed by atoms with E-state index in [2.05, 4.69) is 34.4 Å². The third kappa shape index (κ3) is 5.73. The Morgan fingerprint density at radius 2 is 1.81 bits per heavy atom. The van der Waals surface area contributed by atoms with Gasteiger partial charge in [0.2, 0.25) is 0 Å². The van der Waals surface area contributed by atoms with E-state index in [9.17, 15) is 4.79 Å². The highest BCUT2D eigenvalue weighted by atomic mass is 16.5. The van der Waals surface area contributed by atoms with Crippen molar-refractivity contribution in [1.82, 2.24) is 15.5 Å². The van der Waals surface area contributed by atoms with Gasteiger partial charge in [-0.15, -0.1) is 0 Å². The zero-order valence-electron chi connectivity index (χ0n) is 16.5. The lowest BCUT2D eigenvalue weighted by molar-refractivity contribution is 0.0600. The largest absolute Gasteiger partial charge is 0.465 e. The molecule has 1 saturated heterocycles. The van der Waals surface area contributed by atoms with Gasteiger partial charge in [0, 0.05) is 25.7 Å². The van der Waals surface area contributed by atoms with Crippen molar-refractivity contribution in [3.05, 3.63) is 35.4 Å². The number of nitrogens with zero attached hydrogens (tertiary/aromatic N) is 2. The van der Waals surface area contributed by atoms with E-state index in [0.717, 1.165) is 18.1 Å². The molecular formula is C20H32N4O2. The summed E-state index contributed by atoms with van der Waals surface area (Å²) in [5.41, 5.74) is 1.73. The first-order chi connectivity index (χ1) is 12.5. The van der Waals surface area contributed by atoms with Crippen LogP contribution in [0.2, 0.25) is 0 Å². The number of guanidine groups is 1. The normalized spacial score (nSPS) is 16.2. The lowest BCUT2D eigenvalue weighted by Crippen LogP contribution is -2.54. The average Bonchev–Trinajstić information content (AvgIpc) is 2.68. The SMILES string of the molecule is CN=C(NCc1ccc(C(=O)OC)cc1)NCC(C)(C)N1CCCCC1. The number of nitrogens with one attached hydrogen (secondary N) is 2. The first-order valence-electron chi connectivity index (χ1n) is 9.33. The molecule has 1 aliphatic rings. The Labute approximate surface area is 157 Å². The average molecular weight is 361 g/mol. The summed E-state index contributed by atoms with van der Waals surface area (Å²) in [5, 5.41) is 6.77. The smallest absolute Gasteiger partial charge is 0.337 e. The second-order valence-electron chi connectivity index (χ2n) is 7.33. The number of carbonyl (C=O) groups is 1. The monoisotopic (exact) mass is 360 g/mol. The van der Waals surface area contributed by atoms with E-state index in [1.807, 2.05) is 12.1 Å². The van der Waals surface area contributed by atoms with E-state index in [0.29, 0.717) is 12.1 Å². The fourth-order valence-electron chi connectivity index (χ4n) is 3.19. The Kier molecular flexibility index (Phi) is 7.45. The Hall–Kier alpha value is -2.08. The number of likely N-dealkylation sites (tertiary alicyclic amines) is 1. The molecule has 1 aromatic carbocycles. The highest BCUT2D eigenvalue weighted by Gasteiger charge is 2.27. The number of esters is 1. The van der Waals surface area contributed by atoms with Crippen LogP contribution in [0.15, 0.2) is 29.3 Å². The Morgan fingerprint density at radius 1 is 1.15 bits per heavy atom. The molecule has 0 atom stereocenters. The zero-order valence-corrected chi connectivity index (χ0v) is 16.5. The van der Waals surface area contributed by atoms with Crippen molar-refractivity contribution in [1.29, 1.82) is 0 Å². The summed E-state index contributed by atoms with van der Waals surface area (Å²) >= 11 is 0. The number of aliphatic imine (C=N–C) groups is 1. The van der Waals surface area contributed by atoms with Crippen molar-refractivity contribution in [2.45, 2.75) is 45.2 Å². The van der Waals surface area contributed by atoms with Crippen LogP contribution in [-0.2, 0) is 11.3 Å². The third-order valence-corrected chi connectivity index (χ3v) is 4.96. The first kappa shape index (κ1) is 20.2. The molecule has 0 radical (unpaired) electrons. The molecule has 0 aliphatic carbocycles. The number of ether oxygens (including phenoxy) is 1. The maximum absolute atomic E-state index is 11.5.